The summed E-state index contributed by atoms with van der Waals surface area (Å²) >= 11 is 0. The zero-order valence-electron chi connectivity index (χ0n) is 26.7. The number of nitrogens with two attached hydrogens (primary N) is 1. The fourth-order valence-electron chi connectivity index (χ4n) is 6.33. The lowest BCUT2D eigenvalue weighted by Gasteiger charge is -2.38. The summed E-state index contributed by atoms with van der Waals surface area (Å²) in [5.74, 6) is -2.75. The highest BCUT2D eigenvalue weighted by Gasteiger charge is 2.70. The topological polar surface area (TPSA) is 189 Å². The van der Waals surface area contributed by atoms with E-state index in [1.165, 1.54) is 11.9 Å². The van der Waals surface area contributed by atoms with Crippen LogP contribution in [0.1, 0.15) is 74.1 Å². The maximum atomic E-state index is 14.1. The number of ketones is 1. The second kappa shape index (κ2) is 13.1. The summed E-state index contributed by atoms with van der Waals surface area (Å²) in [6.45, 7) is 13.6. The lowest BCUT2D eigenvalue weighted by molar-refractivity contribution is -0.145. The van der Waals surface area contributed by atoms with Crippen molar-refractivity contribution < 1.29 is 33.5 Å². The van der Waals surface area contributed by atoms with Gasteiger partial charge in [0.05, 0.1) is 12.1 Å². The number of ether oxygens (including phenoxy) is 1. The van der Waals surface area contributed by atoms with Gasteiger partial charge in [0, 0.05) is 13.6 Å². The third-order valence-corrected chi connectivity index (χ3v) is 9.54. The van der Waals surface area contributed by atoms with Crippen molar-refractivity contribution in [1.29, 1.82) is 0 Å². The molecule has 0 spiro atoms. The molecule has 1 aliphatic heterocycles. The number of urea groups is 1. The molecule has 242 valence electrons. The van der Waals surface area contributed by atoms with Gasteiger partial charge in [-0.3, -0.25) is 19.2 Å². The van der Waals surface area contributed by atoms with Crippen LogP contribution in [0.25, 0.3) is 0 Å². The molecule has 0 radical (unpaired) electrons. The normalized spacial score (nSPS) is 24.5. The lowest BCUT2D eigenvalue weighted by atomic mass is 9.80. The van der Waals surface area contributed by atoms with Crippen LogP contribution in [0, 0.1) is 34.5 Å². The van der Waals surface area contributed by atoms with Crippen molar-refractivity contribution in [3.8, 4) is 0 Å². The molecule has 3 fully saturated rings. The minimum absolute atomic E-state index is 0.0578. The Morgan fingerprint density at radius 3 is 2.14 bits per heavy atom. The van der Waals surface area contributed by atoms with Gasteiger partial charge in [0.2, 0.25) is 17.6 Å². The molecule has 13 heteroatoms. The SMILES string of the molecule is CNC(=O)OC[C@@H](NC(=O)N[C@H](C(=O)N1C[C@H]2[C@@H]([C@H]1C(=O)NC(CC1CCC1)C(=O)C(N)=O)C2(C)C)C(C)(C)C)C(C)C. The fraction of sp³-hybridized carbons (Fsp3) is 0.800. The molecule has 0 bridgehead atoms. The van der Waals surface area contributed by atoms with Crippen LogP contribution >= 0.6 is 0 Å². The molecule has 1 unspecified atom stereocenters. The Balaban J connectivity index is 1.79. The van der Waals surface area contributed by atoms with Crippen LogP contribution in [0.3, 0.4) is 0 Å². The summed E-state index contributed by atoms with van der Waals surface area (Å²) in [4.78, 5) is 78.6. The first-order valence-electron chi connectivity index (χ1n) is 15.3. The summed E-state index contributed by atoms with van der Waals surface area (Å²) in [6.07, 6.45) is 2.58. The molecule has 6 N–H and O–H groups in total. The van der Waals surface area contributed by atoms with Gasteiger partial charge < -0.3 is 36.6 Å². The maximum absolute atomic E-state index is 14.1. The van der Waals surface area contributed by atoms with Crippen molar-refractivity contribution in [2.45, 2.75) is 98.3 Å². The third kappa shape index (κ3) is 7.77. The minimum atomic E-state index is -1.10. The van der Waals surface area contributed by atoms with Gasteiger partial charge in [-0.25, -0.2) is 9.59 Å². The minimum Gasteiger partial charge on any atom is -0.447 e. The molecule has 6 amide bonds. The second-order valence-electron chi connectivity index (χ2n) is 14.3. The fourth-order valence-corrected chi connectivity index (χ4v) is 6.33. The lowest BCUT2D eigenvalue weighted by Crippen LogP contribution is -2.62. The average Bonchev–Trinajstić information content (AvgIpc) is 3.21. The van der Waals surface area contributed by atoms with Crippen molar-refractivity contribution in [1.82, 2.24) is 26.2 Å². The highest BCUT2D eigenvalue weighted by Crippen LogP contribution is 2.65. The van der Waals surface area contributed by atoms with Crippen molar-refractivity contribution in [2.24, 2.45) is 40.2 Å². The average molecular weight is 607 g/mol. The number of alkyl carbamates (subject to hydrolysis) is 1. The molecule has 1 saturated heterocycles. The van der Waals surface area contributed by atoms with E-state index in [1.54, 1.807) is 0 Å². The number of rotatable bonds is 12. The standard InChI is InChI=1S/C30H50N6O7/c1-15(2)19(14-43-28(42)32-8)34-27(41)35-23(29(3,4)5)26(40)36-13-17-20(30(17,6)7)21(36)25(39)33-18(22(37)24(31)38)12-16-10-9-11-16/h15-21,23H,9-14H2,1-8H3,(H2,31,38)(H,32,42)(H,33,39)(H2,34,35,41)/t17-,18?,19+,20-,21-,23+/m0/s1. The molecule has 0 aromatic heterocycles. The van der Waals surface area contributed by atoms with E-state index < -0.39 is 65.2 Å². The van der Waals surface area contributed by atoms with Gasteiger partial charge in [-0.1, -0.05) is 67.7 Å². The second-order valence-corrected chi connectivity index (χ2v) is 14.3. The van der Waals surface area contributed by atoms with Crippen molar-refractivity contribution >= 4 is 35.6 Å². The number of carbonyl (C=O) groups is 6. The summed E-state index contributed by atoms with van der Waals surface area (Å²) in [7, 11) is 1.44. The number of carbonyl (C=O) groups excluding carboxylic acids is 6. The van der Waals surface area contributed by atoms with Crippen LogP contribution in [0.15, 0.2) is 0 Å². The zero-order chi connectivity index (χ0) is 32.4. The third-order valence-electron chi connectivity index (χ3n) is 9.54. The van der Waals surface area contributed by atoms with Crippen molar-refractivity contribution in [3.05, 3.63) is 0 Å². The molecule has 0 aromatic rings. The van der Waals surface area contributed by atoms with Gasteiger partial charge in [-0.05, 0) is 40.9 Å². The van der Waals surface area contributed by atoms with E-state index in [0.717, 1.165) is 19.3 Å². The van der Waals surface area contributed by atoms with Gasteiger partial charge in [-0.15, -0.1) is 0 Å². The van der Waals surface area contributed by atoms with Crippen LogP contribution in [-0.4, -0.2) is 84.9 Å². The first-order chi connectivity index (χ1) is 19.9. The molecule has 2 saturated carbocycles. The molecule has 43 heavy (non-hydrogen) atoms. The number of nitrogens with zero attached hydrogens (tertiary/aromatic N) is 1. The van der Waals surface area contributed by atoms with Crippen molar-refractivity contribution in [2.75, 3.05) is 20.2 Å². The number of fused-ring (bicyclic) bond motifs is 1. The number of hydrogen-bond acceptors (Lipinski definition) is 7. The van der Waals surface area contributed by atoms with Gasteiger partial charge in [0.1, 0.15) is 18.7 Å². The number of piperidine rings is 1. The molecule has 3 rings (SSSR count). The Bertz CT molecular complexity index is 1110. The van der Waals surface area contributed by atoms with Crippen LogP contribution in [-0.2, 0) is 23.9 Å². The number of primary amides is 1. The molecular weight excluding hydrogens is 556 g/mol. The maximum Gasteiger partial charge on any atom is 0.406 e. The summed E-state index contributed by atoms with van der Waals surface area (Å²) in [5.41, 5.74) is 4.39. The molecule has 2 aliphatic carbocycles. The van der Waals surface area contributed by atoms with Gasteiger partial charge in [0.15, 0.2) is 0 Å². The predicted octanol–water partition coefficient (Wildman–Crippen LogP) is 1.29. The quantitative estimate of drug-likeness (QED) is 0.207. The largest absolute Gasteiger partial charge is 0.447 e. The number of hydrogen-bond donors (Lipinski definition) is 5. The van der Waals surface area contributed by atoms with Crippen LogP contribution in [0.4, 0.5) is 9.59 Å². The monoisotopic (exact) mass is 606 g/mol. The summed E-state index contributed by atoms with van der Waals surface area (Å²) in [5, 5.41) is 10.7. The van der Waals surface area contributed by atoms with Crippen LogP contribution in [0.2, 0.25) is 0 Å². The molecule has 13 nitrogen and oxygen atoms in total. The highest BCUT2D eigenvalue weighted by molar-refractivity contribution is 6.37. The van der Waals surface area contributed by atoms with E-state index in [0.29, 0.717) is 13.0 Å². The van der Waals surface area contributed by atoms with Gasteiger partial charge in [-0.2, -0.15) is 0 Å². The highest BCUT2D eigenvalue weighted by atomic mass is 16.5. The smallest absolute Gasteiger partial charge is 0.406 e. The Morgan fingerprint density at radius 1 is 1.02 bits per heavy atom. The van der Waals surface area contributed by atoms with Gasteiger partial charge in [0.25, 0.3) is 5.91 Å². The Morgan fingerprint density at radius 2 is 1.65 bits per heavy atom. The Kier molecular flexibility index (Phi) is 10.4. The first kappa shape index (κ1) is 34.1. The summed E-state index contributed by atoms with van der Waals surface area (Å²) in [6, 6.07) is -4.02. The predicted molar refractivity (Wildman–Crippen MR) is 158 cm³/mol. The van der Waals surface area contributed by atoms with Crippen LogP contribution in [0.5, 0.6) is 0 Å². The van der Waals surface area contributed by atoms with Gasteiger partial charge >= 0.3 is 12.1 Å². The van der Waals surface area contributed by atoms with E-state index in [1.807, 2.05) is 48.5 Å². The number of amides is 6. The molecule has 1 heterocycles. The van der Waals surface area contributed by atoms with E-state index >= 15 is 0 Å². The molecule has 3 aliphatic rings. The number of Topliss-reactive ketones (excluding diaryl/α,β-unsaturated/α-hetero) is 1. The number of nitrogens with one attached hydrogen (secondary N) is 4. The Labute approximate surface area is 254 Å². The van der Waals surface area contributed by atoms with E-state index in [9.17, 15) is 28.8 Å². The molecule has 6 atom stereocenters. The zero-order valence-corrected chi connectivity index (χ0v) is 26.7. The van der Waals surface area contributed by atoms with Crippen molar-refractivity contribution in [3.63, 3.8) is 0 Å². The van der Waals surface area contributed by atoms with E-state index in [4.69, 9.17) is 10.5 Å². The first-order valence-corrected chi connectivity index (χ1v) is 15.3. The van der Waals surface area contributed by atoms with E-state index in [-0.39, 0.29) is 35.7 Å². The van der Waals surface area contributed by atoms with E-state index in [2.05, 4.69) is 21.3 Å². The molecular formula is C30H50N6O7. The molecule has 0 aromatic carbocycles. The number of likely N-dealkylation sites (tertiary alicyclic amines) is 1. The van der Waals surface area contributed by atoms with Crippen LogP contribution < -0.4 is 27.0 Å². The Hall–Kier alpha value is -3.38. The summed E-state index contributed by atoms with van der Waals surface area (Å²) < 4.78 is 5.13.